The Bertz CT molecular complexity index is 1030. The first-order chi connectivity index (χ1) is 15.4. The molecule has 0 atom stereocenters. The number of nitrogens with one attached hydrogen (secondary N) is 1. The average molecular weight is 465 g/mol. The highest BCUT2D eigenvalue weighted by Crippen LogP contribution is 2.28. The molecular weight excluding hydrogens is 436 g/mol. The van der Waals surface area contributed by atoms with E-state index in [0.717, 1.165) is 30.6 Å². The Labute approximate surface area is 188 Å². The molecule has 2 aromatic carbocycles. The number of carbonyl (C=O) groups is 1. The number of nitrogens with zero attached hydrogens (tertiary/aromatic N) is 1. The number of methoxy groups -OCH3 is 2. The maximum absolute atomic E-state index is 12.1. The number of carbonyl (C=O) groups excluding carboxylic acids is 1. The first-order valence-electron chi connectivity index (χ1n) is 10.3. The van der Waals surface area contributed by atoms with Crippen molar-refractivity contribution >= 4 is 16.3 Å². The fourth-order valence-corrected chi connectivity index (χ4v) is 4.40. The van der Waals surface area contributed by atoms with Gasteiger partial charge in [0.25, 0.3) is 0 Å². The van der Waals surface area contributed by atoms with Crippen LogP contribution in [-0.2, 0) is 27.8 Å². The van der Waals surface area contributed by atoms with E-state index in [2.05, 4.69) is 9.46 Å². The molecule has 3 rings (SSSR count). The molecule has 1 fully saturated rings. The molecule has 9 nitrogen and oxygen atoms in total. The lowest BCUT2D eigenvalue weighted by atomic mass is 10.0. The third-order valence-corrected chi connectivity index (χ3v) is 6.43. The molecule has 1 N–H and O–H groups in total. The first-order valence-corrected chi connectivity index (χ1v) is 11.7. The molecule has 32 heavy (non-hydrogen) atoms. The number of hydrogen-bond donors (Lipinski definition) is 1. The third kappa shape index (κ3) is 6.27. The molecule has 174 valence electrons. The van der Waals surface area contributed by atoms with Gasteiger partial charge in [0.15, 0.2) is 11.5 Å². The van der Waals surface area contributed by atoms with Crippen LogP contribution < -0.4 is 18.9 Å². The molecule has 0 bridgehead atoms. The van der Waals surface area contributed by atoms with Gasteiger partial charge in [0, 0.05) is 6.54 Å². The van der Waals surface area contributed by atoms with Crippen LogP contribution in [0.1, 0.15) is 17.5 Å². The van der Waals surface area contributed by atoms with Crippen molar-refractivity contribution in [2.45, 2.75) is 19.3 Å². The topological polar surface area (TPSA) is 103 Å². The van der Waals surface area contributed by atoms with Gasteiger partial charge in [0.05, 0.1) is 20.8 Å². The summed E-state index contributed by atoms with van der Waals surface area (Å²) in [4.78, 5) is 11.4. The van der Waals surface area contributed by atoms with E-state index in [0.29, 0.717) is 15.8 Å². The molecule has 0 spiro atoms. The molecule has 10 heteroatoms. The monoisotopic (exact) mass is 464 g/mol. The SMILES string of the molecule is COc1ccc(CCCc2cccc(OCCNS(=O)(=O)N3CCOC3=O)c2)cc1OC. The maximum Gasteiger partial charge on any atom is 0.424 e. The van der Waals surface area contributed by atoms with Crippen LogP contribution in [0.25, 0.3) is 0 Å². The quantitative estimate of drug-likeness (QED) is 0.482. The number of cyclic esters (lactones) is 1. The van der Waals surface area contributed by atoms with Gasteiger partial charge < -0.3 is 18.9 Å². The second-order valence-corrected chi connectivity index (χ2v) is 8.80. The number of benzene rings is 2. The molecule has 1 amide bonds. The van der Waals surface area contributed by atoms with Crippen molar-refractivity contribution in [3.63, 3.8) is 0 Å². The van der Waals surface area contributed by atoms with Crippen LogP contribution in [0.2, 0.25) is 0 Å². The average Bonchev–Trinajstić information content (AvgIpc) is 3.24. The lowest BCUT2D eigenvalue weighted by Crippen LogP contribution is -2.42. The summed E-state index contributed by atoms with van der Waals surface area (Å²) < 4.78 is 48.1. The summed E-state index contributed by atoms with van der Waals surface area (Å²) in [5.74, 6) is 2.09. The lowest BCUT2D eigenvalue weighted by molar-refractivity contribution is 0.169. The Balaban J connectivity index is 1.44. The Morgan fingerprint density at radius 1 is 1.03 bits per heavy atom. The zero-order valence-electron chi connectivity index (χ0n) is 18.2. The van der Waals surface area contributed by atoms with Gasteiger partial charge in [-0.3, -0.25) is 0 Å². The predicted molar refractivity (Wildman–Crippen MR) is 118 cm³/mol. The molecule has 1 aliphatic heterocycles. The van der Waals surface area contributed by atoms with E-state index in [-0.39, 0.29) is 26.3 Å². The van der Waals surface area contributed by atoms with Crippen molar-refractivity contribution in [1.82, 2.24) is 9.03 Å². The third-order valence-electron chi connectivity index (χ3n) is 4.95. The lowest BCUT2D eigenvalue weighted by Gasteiger charge is -2.14. The molecule has 1 heterocycles. The summed E-state index contributed by atoms with van der Waals surface area (Å²) in [6.45, 7) is 0.252. The van der Waals surface area contributed by atoms with Crippen LogP contribution >= 0.6 is 0 Å². The van der Waals surface area contributed by atoms with Gasteiger partial charge in [-0.15, -0.1) is 0 Å². The summed E-state index contributed by atoms with van der Waals surface area (Å²) in [7, 11) is -0.668. The minimum absolute atomic E-state index is 0.0143. The second kappa shape index (κ2) is 11.1. The molecule has 0 aliphatic carbocycles. The van der Waals surface area contributed by atoms with Gasteiger partial charge >= 0.3 is 16.3 Å². The Hall–Kier alpha value is -2.98. The molecule has 0 saturated carbocycles. The van der Waals surface area contributed by atoms with Gasteiger partial charge in [-0.25, -0.2) is 4.79 Å². The van der Waals surface area contributed by atoms with E-state index < -0.39 is 16.3 Å². The van der Waals surface area contributed by atoms with Crippen LogP contribution in [0.4, 0.5) is 4.79 Å². The molecular formula is C22H28N2O7S. The van der Waals surface area contributed by atoms with Crippen LogP contribution in [0.5, 0.6) is 17.2 Å². The van der Waals surface area contributed by atoms with Crippen LogP contribution in [0.3, 0.4) is 0 Å². The molecule has 0 unspecified atom stereocenters. The number of aryl methyl sites for hydroxylation is 2. The summed E-state index contributed by atoms with van der Waals surface area (Å²) in [6.07, 6.45) is 1.85. The Morgan fingerprint density at radius 2 is 1.78 bits per heavy atom. The predicted octanol–water partition coefficient (Wildman–Crippen LogP) is 2.54. The molecule has 0 aromatic heterocycles. The largest absolute Gasteiger partial charge is 0.493 e. The first kappa shape index (κ1) is 23.7. The minimum atomic E-state index is -3.91. The highest BCUT2D eigenvalue weighted by Gasteiger charge is 2.32. The standard InChI is InChI=1S/C22H28N2O7S/c1-28-20-10-9-18(16-21(20)29-2)6-3-5-17-7-4-8-19(15-17)30-13-11-23-32(26,27)24-12-14-31-22(24)25/h4,7-10,15-16,23H,3,5-6,11-14H2,1-2H3. The normalized spacial score (nSPS) is 13.7. The number of rotatable bonds is 12. The van der Waals surface area contributed by atoms with Crippen LogP contribution in [-0.4, -0.2) is 59.3 Å². The van der Waals surface area contributed by atoms with Crippen LogP contribution in [0, 0.1) is 0 Å². The van der Waals surface area contributed by atoms with Gasteiger partial charge in [0.2, 0.25) is 0 Å². The van der Waals surface area contributed by atoms with Crippen molar-refractivity contribution in [3.8, 4) is 17.2 Å². The number of amides is 1. The highest BCUT2D eigenvalue weighted by molar-refractivity contribution is 7.87. The van der Waals surface area contributed by atoms with Crippen LogP contribution in [0.15, 0.2) is 42.5 Å². The van der Waals surface area contributed by atoms with E-state index in [9.17, 15) is 13.2 Å². The van der Waals surface area contributed by atoms with Gasteiger partial charge in [-0.2, -0.15) is 17.4 Å². The van der Waals surface area contributed by atoms with Gasteiger partial charge in [0.1, 0.15) is 19.0 Å². The van der Waals surface area contributed by atoms with Crippen molar-refractivity contribution in [3.05, 3.63) is 53.6 Å². The maximum atomic E-state index is 12.1. The van der Waals surface area contributed by atoms with Gasteiger partial charge in [-0.1, -0.05) is 18.2 Å². The van der Waals surface area contributed by atoms with Crippen molar-refractivity contribution in [1.29, 1.82) is 0 Å². The second-order valence-electron chi connectivity index (χ2n) is 7.12. The van der Waals surface area contributed by atoms with E-state index in [4.69, 9.17) is 14.2 Å². The van der Waals surface area contributed by atoms with E-state index >= 15 is 0 Å². The molecule has 1 saturated heterocycles. The van der Waals surface area contributed by atoms with Gasteiger partial charge in [-0.05, 0) is 54.7 Å². The smallest absolute Gasteiger partial charge is 0.424 e. The summed E-state index contributed by atoms with van der Waals surface area (Å²) in [5, 5.41) is 0. The van der Waals surface area contributed by atoms with Crippen molar-refractivity contribution < 1.29 is 32.2 Å². The Morgan fingerprint density at radius 3 is 2.47 bits per heavy atom. The fourth-order valence-electron chi connectivity index (χ4n) is 3.34. The van der Waals surface area contributed by atoms with E-state index in [1.807, 2.05) is 42.5 Å². The highest BCUT2D eigenvalue weighted by atomic mass is 32.2. The zero-order valence-corrected chi connectivity index (χ0v) is 19.0. The summed E-state index contributed by atoms with van der Waals surface area (Å²) in [5.41, 5.74) is 2.30. The molecule has 2 aromatic rings. The number of ether oxygens (including phenoxy) is 4. The van der Waals surface area contributed by atoms with Crippen molar-refractivity contribution in [2.75, 3.05) is 40.5 Å². The Kier molecular flexibility index (Phi) is 8.18. The minimum Gasteiger partial charge on any atom is -0.493 e. The molecule has 1 aliphatic rings. The number of hydrogen-bond acceptors (Lipinski definition) is 7. The fraction of sp³-hybridized carbons (Fsp3) is 0.409. The van der Waals surface area contributed by atoms with Crippen molar-refractivity contribution in [2.24, 2.45) is 0 Å². The zero-order chi connectivity index (χ0) is 23.0. The summed E-state index contributed by atoms with van der Waals surface area (Å²) >= 11 is 0. The van der Waals surface area contributed by atoms with E-state index in [1.54, 1.807) is 14.2 Å². The van der Waals surface area contributed by atoms with E-state index in [1.165, 1.54) is 5.56 Å². The summed E-state index contributed by atoms with van der Waals surface area (Å²) in [6, 6.07) is 13.6. The molecule has 0 radical (unpaired) electrons.